The zero-order chi connectivity index (χ0) is 19.6. The van der Waals surface area contributed by atoms with E-state index >= 15 is 0 Å². The Balaban J connectivity index is 1.88. The number of anilines is 1. The van der Waals surface area contributed by atoms with Crippen molar-refractivity contribution in [2.45, 2.75) is 19.1 Å². The lowest BCUT2D eigenvalue weighted by Gasteiger charge is -2.31. The summed E-state index contributed by atoms with van der Waals surface area (Å²) in [6, 6.07) is 7.80. The molecule has 0 saturated heterocycles. The van der Waals surface area contributed by atoms with Gasteiger partial charge in [-0.15, -0.1) is 0 Å². The molecule has 27 heavy (non-hydrogen) atoms. The SMILES string of the molecule is O=C1C=CN(C(=O)Nc2cc(CO)c(Cl)cc2Br)C(c2ccc(F)cc2)C1. The first kappa shape index (κ1) is 19.5. The van der Waals surface area contributed by atoms with E-state index in [-0.39, 0.29) is 18.8 Å². The highest BCUT2D eigenvalue weighted by Crippen LogP contribution is 2.32. The maximum absolute atomic E-state index is 13.2. The van der Waals surface area contributed by atoms with Crippen LogP contribution in [0.1, 0.15) is 23.6 Å². The van der Waals surface area contributed by atoms with E-state index in [1.54, 1.807) is 24.3 Å². The van der Waals surface area contributed by atoms with Crippen LogP contribution in [0.4, 0.5) is 14.9 Å². The number of benzene rings is 2. The summed E-state index contributed by atoms with van der Waals surface area (Å²) in [5.41, 5.74) is 1.54. The number of carbonyl (C=O) groups excluding carboxylic acids is 2. The van der Waals surface area contributed by atoms with Crippen molar-refractivity contribution < 1.29 is 19.1 Å². The predicted molar refractivity (Wildman–Crippen MR) is 104 cm³/mol. The second-order valence-electron chi connectivity index (χ2n) is 5.97. The van der Waals surface area contributed by atoms with Crippen LogP contribution in [-0.2, 0) is 11.4 Å². The summed E-state index contributed by atoms with van der Waals surface area (Å²) < 4.78 is 13.8. The van der Waals surface area contributed by atoms with Gasteiger partial charge >= 0.3 is 6.03 Å². The summed E-state index contributed by atoms with van der Waals surface area (Å²) in [5, 5.41) is 12.5. The molecular weight excluding hydrogens is 439 g/mol. The van der Waals surface area contributed by atoms with Gasteiger partial charge in [-0.1, -0.05) is 23.7 Å². The standard InChI is InChI=1S/C19H15BrClFN2O3/c20-15-9-16(21)12(10-25)7-17(15)23-19(27)24-6-5-14(26)8-18(24)11-1-3-13(22)4-2-11/h1-7,9,18,25H,8,10H2,(H,23,27). The van der Waals surface area contributed by atoms with E-state index < -0.39 is 17.9 Å². The molecule has 0 spiro atoms. The van der Waals surface area contributed by atoms with Gasteiger partial charge in [-0.25, -0.2) is 9.18 Å². The topological polar surface area (TPSA) is 69.6 Å². The van der Waals surface area contributed by atoms with E-state index in [1.807, 2.05) is 0 Å². The van der Waals surface area contributed by atoms with E-state index in [2.05, 4.69) is 21.2 Å². The zero-order valence-corrected chi connectivity index (χ0v) is 16.3. The number of halogens is 3. The molecule has 1 aliphatic heterocycles. The highest BCUT2D eigenvalue weighted by molar-refractivity contribution is 9.10. The molecule has 1 unspecified atom stereocenters. The van der Waals surface area contributed by atoms with Gasteiger partial charge in [0.2, 0.25) is 0 Å². The van der Waals surface area contributed by atoms with E-state index in [9.17, 15) is 19.1 Å². The van der Waals surface area contributed by atoms with Gasteiger partial charge in [-0.05, 0) is 57.4 Å². The normalized spacial score (nSPS) is 16.5. The van der Waals surface area contributed by atoms with Crippen molar-refractivity contribution in [1.82, 2.24) is 4.90 Å². The molecule has 2 aromatic carbocycles. The summed E-state index contributed by atoms with van der Waals surface area (Å²) in [7, 11) is 0. The lowest BCUT2D eigenvalue weighted by molar-refractivity contribution is -0.116. The van der Waals surface area contributed by atoms with Crippen LogP contribution >= 0.6 is 27.5 Å². The first-order valence-corrected chi connectivity index (χ1v) is 9.20. The van der Waals surface area contributed by atoms with Gasteiger partial charge in [0.05, 0.1) is 18.3 Å². The summed E-state index contributed by atoms with van der Waals surface area (Å²) in [4.78, 5) is 26.1. The minimum atomic E-state index is -0.550. The average molecular weight is 454 g/mol. The Labute approximate surface area is 168 Å². The smallest absolute Gasteiger partial charge is 0.326 e. The second-order valence-corrected chi connectivity index (χ2v) is 7.23. The number of ketones is 1. The molecule has 5 nitrogen and oxygen atoms in total. The molecule has 1 heterocycles. The highest BCUT2D eigenvalue weighted by Gasteiger charge is 2.29. The minimum Gasteiger partial charge on any atom is -0.392 e. The minimum absolute atomic E-state index is 0.0965. The molecule has 8 heteroatoms. The van der Waals surface area contributed by atoms with Crippen molar-refractivity contribution in [1.29, 1.82) is 0 Å². The Morgan fingerprint density at radius 1 is 1.33 bits per heavy atom. The molecule has 0 fully saturated rings. The maximum Gasteiger partial charge on any atom is 0.326 e. The van der Waals surface area contributed by atoms with Crippen molar-refractivity contribution in [2.24, 2.45) is 0 Å². The molecule has 2 N–H and O–H groups in total. The predicted octanol–water partition coefficient (Wildman–Crippen LogP) is 4.80. The summed E-state index contributed by atoms with van der Waals surface area (Å²) in [5.74, 6) is -0.516. The number of nitrogens with zero attached hydrogens (tertiary/aromatic N) is 1. The van der Waals surface area contributed by atoms with Gasteiger partial charge in [0.15, 0.2) is 5.78 Å². The lowest BCUT2D eigenvalue weighted by Crippen LogP contribution is -2.37. The third-order valence-electron chi connectivity index (χ3n) is 4.19. The number of nitrogens with one attached hydrogen (secondary N) is 1. The number of aliphatic hydroxyl groups is 1. The summed E-state index contributed by atoms with van der Waals surface area (Å²) in [6.45, 7) is -0.273. The third kappa shape index (κ3) is 4.37. The Hall–Kier alpha value is -2.22. The lowest BCUT2D eigenvalue weighted by atomic mass is 9.97. The molecule has 0 aromatic heterocycles. The van der Waals surface area contributed by atoms with E-state index in [1.165, 1.54) is 29.3 Å². The number of hydrogen-bond acceptors (Lipinski definition) is 3. The number of urea groups is 1. The van der Waals surface area contributed by atoms with Gasteiger partial charge in [-0.2, -0.15) is 0 Å². The van der Waals surface area contributed by atoms with Crippen LogP contribution in [0.2, 0.25) is 5.02 Å². The number of hydrogen-bond donors (Lipinski definition) is 2. The molecule has 140 valence electrons. The molecule has 2 amide bonds. The van der Waals surface area contributed by atoms with Gasteiger partial charge in [0.1, 0.15) is 5.82 Å². The first-order valence-electron chi connectivity index (χ1n) is 8.03. The van der Waals surface area contributed by atoms with Crippen LogP contribution in [0.3, 0.4) is 0 Å². The van der Waals surface area contributed by atoms with Gasteiger partial charge in [0, 0.05) is 22.1 Å². The largest absolute Gasteiger partial charge is 0.392 e. The van der Waals surface area contributed by atoms with Crippen molar-refractivity contribution in [3.8, 4) is 0 Å². The maximum atomic E-state index is 13.2. The van der Waals surface area contributed by atoms with Gasteiger partial charge in [0.25, 0.3) is 0 Å². The van der Waals surface area contributed by atoms with Crippen LogP contribution in [0, 0.1) is 5.82 Å². The molecular formula is C19H15BrClFN2O3. The fourth-order valence-electron chi connectivity index (χ4n) is 2.79. The monoisotopic (exact) mass is 452 g/mol. The molecule has 3 rings (SSSR count). The molecule has 0 saturated carbocycles. The fourth-order valence-corrected chi connectivity index (χ4v) is 3.59. The Morgan fingerprint density at radius 3 is 2.70 bits per heavy atom. The zero-order valence-electron chi connectivity index (χ0n) is 14.0. The van der Waals surface area contributed by atoms with Gasteiger partial charge in [-0.3, -0.25) is 9.69 Å². The molecule has 1 aliphatic rings. The van der Waals surface area contributed by atoms with Gasteiger partial charge < -0.3 is 10.4 Å². The Morgan fingerprint density at radius 2 is 2.04 bits per heavy atom. The highest BCUT2D eigenvalue weighted by atomic mass is 79.9. The van der Waals surface area contributed by atoms with Crippen LogP contribution in [0.5, 0.6) is 0 Å². The summed E-state index contributed by atoms with van der Waals surface area (Å²) in [6.07, 6.45) is 2.83. The molecule has 1 atom stereocenters. The van der Waals surface area contributed by atoms with Crippen molar-refractivity contribution in [3.63, 3.8) is 0 Å². The molecule has 0 radical (unpaired) electrons. The number of rotatable bonds is 3. The number of aliphatic hydroxyl groups excluding tert-OH is 1. The van der Waals surface area contributed by atoms with E-state index in [0.717, 1.165) is 0 Å². The van der Waals surface area contributed by atoms with Crippen LogP contribution in [0.15, 0.2) is 53.1 Å². The molecule has 0 bridgehead atoms. The Kier molecular flexibility index (Phi) is 5.94. The molecule has 2 aromatic rings. The third-order valence-corrected chi connectivity index (χ3v) is 5.20. The van der Waals surface area contributed by atoms with Crippen LogP contribution < -0.4 is 5.32 Å². The second kappa shape index (κ2) is 8.21. The Bertz CT molecular complexity index is 918. The number of amides is 2. The van der Waals surface area contributed by atoms with Crippen molar-refractivity contribution in [3.05, 3.63) is 75.1 Å². The first-order chi connectivity index (χ1) is 12.9. The van der Waals surface area contributed by atoms with E-state index in [0.29, 0.717) is 26.3 Å². The number of carbonyl (C=O) groups is 2. The van der Waals surface area contributed by atoms with Crippen LogP contribution in [0.25, 0.3) is 0 Å². The summed E-state index contributed by atoms with van der Waals surface area (Å²) >= 11 is 9.35. The number of allylic oxidation sites excluding steroid dienone is 1. The quantitative estimate of drug-likeness (QED) is 0.702. The fraction of sp³-hybridized carbons (Fsp3) is 0.158. The van der Waals surface area contributed by atoms with Crippen LogP contribution in [-0.4, -0.2) is 21.8 Å². The van der Waals surface area contributed by atoms with Crippen molar-refractivity contribution >= 4 is 45.0 Å². The molecule has 0 aliphatic carbocycles. The van der Waals surface area contributed by atoms with Crippen molar-refractivity contribution in [2.75, 3.05) is 5.32 Å². The average Bonchev–Trinajstić information content (AvgIpc) is 2.64. The van der Waals surface area contributed by atoms with E-state index in [4.69, 9.17) is 11.6 Å².